The summed E-state index contributed by atoms with van der Waals surface area (Å²) in [5.74, 6) is 0.781. The Morgan fingerprint density at radius 1 is 1.00 bits per heavy atom. The van der Waals surface area contributed by atoms with Gasteiger partial charge in [0, 0.05) is 0 Å². The average molecular weight is 707 g/mol. The van der Waals surface area contributed by atoms with Crippen LogP contribution in [0.3, 0.4) is 0 Å². The molecule has 3 aromatic rings. The van der Waals surface area contributed by atoms with Gasteiger partial charge in [-0.3, -0.25) is 0 Å². The number of hydrogen-bond donors (Lipinski definition) is 1. The van der Waals surface area contributed by atoms with E-state index in [0.717, 1.165) is 26.5 Å². The number of rotatable bonds is 3. The Bertz CT molecular complexity index is 1520. The number of aliphatic hydroxyl groups is 1. The van der Waals surface area contributed by atoms with Gasteiger partial charge in [-0.2, -0.15) is 0 Å². The third-order valence-electron chi connectivity index (χ3n) is 7.45. The van der Waals surface area contributed by atoms with Gasteiger partial charge in [-0.05, 0) is 0 Å². The van der Waals surface area contributed by atoms with Gasteiger partial charge in [-0.1, -0.05) is 0 Å². The summed E-state index contributed by atoms with van der Waals surface area (Å²) >= 11 is 0.833. The molecule has 11 heteroatoms. The molecule has 2 unspecified atom stereocenters. The monoisotopic (exact) mass is 709 g/mol. The van der Waals surface area contributed by atoms with E-state index in [9.17, 15) is 9.90 Å². The van der Waals surface area contributed by atoms with E-state index >= 15 is 0 Å². The van der Waals surface area contributed by atoms with Crippen molar-refractivity contribution in [2.24, 2.45) is 13.0 Å². The molecular formula is C31H35N2O7STe+. The second kappa shape index (κ2) is 13.5. The van der Waals surface area contributed by atoms with Gasteiger partial charge in [0.2, 0.25) is 0 Å². The molecule has 0 amide bonds. The number of benzene rings is 2. The number of carbonyl (C=O) groups excluding carboxylic acids is 1. The first-order valence-corrected chi connectivity index (χ1v) is 17.4. The molecule has 0 radical (unpaired) electrons. The zero-order valence-electron chi connectivity index (χ0n) is 23.7. The van der Waals surface area contributed by atoms with Crippen LogP contribution in [0, 0.1) is 5.92 Å². The molecule has 0 saturated heterocycles. The first kappa shape index (κ1) is 29.7. The Balaban J connectivity index is 1.22. The number of fused-ring (bicyclic) bond motifs is 3. The Hall–Kier alpha value is -2.36. The number of Topliss-reactive ketones (excluding diaryl/α,β-unsaturated/α-hetero) is 1. The van der Waals surface area contributed by atoms with Crippen LogP contribution in [0.2, 0.25) is 0 Å². The van der Waals surface area contributed by atoms with Crippen molar-refractivity contribution in [3.8, 4) is 11.5 Å². The predicted octanol–water partition coefficient (Wildman–Crippen LogP) is 2.96. The molecule has 3 aliphatic rings. The summed E-state index contributed by atoms with van der Waals surface area (Å²) in [6.45, 7) is 6.64. The van der Waals surface area contributed by atoms with E-state index in [2.05, 4.69) is 34.6 Å². The van der Waals surface area contributed by atoms with Crippen LogP contribution < -0.4 is 18.9 Å². The molecule has 2 aromatic carbocycles. The van der Waals surface area contributed by atoms with Crippen molar-refractivity contribution < 1.29 is 38.2 Å². The number of thioether (sulfide) groups is 1. The van der Waals surface area contributed by atoms with Crippen LogP contribution in [0.15, 0.2) is 58.0 Å². The van der Waals surface area contributed by atoms with Gasteiger partial charge in [0.1, 0.15) is 0 Å². The third kappa shape index (κ3) is 6.15. The number of para-hydroxylation sites is 1. The molecule has 1 N–H and O–H groups in total. The van der Waals surface area contributed by atoms with Gasteiger partial charge in [-0.15, -0.1) is 0 Å². The van der Waals surface area contributed by atoms with Crippen molar-refractivity contribution in [3.05, 3.63) is 56.8 Å². The molecule has 42 heavy (non-hydrogen) atoms. The maximum absolute atomic E-state index is 13.3. The Morgan fingerprint density at radius 2 is 1.64 bits per heavy atom. The Kier molecular flexibility index (Phi) is 9.56. The summed E-state index contributed by atoms with van der Waals surface area (Å²) in [5.41, 5.74) is 2.66. The molecule has 222 valence electrons. The quantitative estimate of drug-likeness (QED) is 0.251. The van der Waals surface area contributed by atoms with E-state index in [0.29, 0.717) is 69.9 Å². The summed E-state index contributed by atoms with van der Waals surface area (Å²) in [6.07, 6.45) is 3.02. The zero-order chi connectivity index (χ0) is 29.1. The van der Waals surface area contributed by atoms with Gasteiger partial charge in [0.15, 0.2) is 0 Å². The number of carbonyl (C=O) groups is 1. The molecule has 2 aliphatic heterocycles. The fraction of sp³-hybridized carbons (Fsp3) is 0.419. The SMILES string of the molecule is CCN1/C(=C/C2C(=O)/C(=C\c3[te]c4cc5c(cc4[n+]3C)OCCOCCOCCOCCO5)C2O)Sc2ccccc21. The van der Waals surface area contributed by atoms with E-state index in [-0.39, 0.29) is 5.78 Å². The van der Waals surface area contributed by atoms with Crippen molar-refractivity contribution in [3.63, 3.8) is 0 Å². The van der Waals surface area contributed by atoms with Crippen LogP contribution in [0.1, 0.15) is 10.6 Å². The normalized spacial score (nSPS) is 24.0. The van der Waals surface area contributed by atoms with E-state index in [4.69, 9.17) is 23.7 Å². The number of ether oxygens (including phenoxy) is 5. The minimum atomic E-state index is -0.819. The van der Waals surface area contributed by atoms with Crippen molar-refractivity contribution in [1.29, 1.82) is 0 Å². The standard InChI is InChI=1S/C31H35N2O7STe/c1-3-33-22-6-4-5-7-26(22)41-28(33)16-20-30(34)21(31(20)35)17-29-32(2)23-18-24-25(19-27(23)42-29)40-15-13-38-11-9-36-8-10-37-12-14-39-24/h4-7,16-20,30,34H,3,8-15H2,1-2H3/q+1/b21-17-,28-16-. The van der Waals surface area contributed by atoms with Crippen LogP contribution in [0.25, 0.3) is 15.0 Å². The summed E-state index contributed by atoms with van der Waals surface area (Å²) in [6, 6.07) is 12.3. The molecule has 1 saturated carbocycles. The molecule has 2 atom stereocenters. The number of ketones is 1. The van der Waals surface area contributed by atoms with Crippen molar-refractivity contribution >= 4 is 58.7 Å². The molecule has 1 aliphatic carbocycles. The Labute approximate surface area is 259 Å². The van der Waals surface area contributed by atoms with Gasteiger partial charge >= 0.3 is 260 Å². The molecule has 6 rings (SSSR count). The second-order valence-electron chi connectivity index (χ2n) is 10.1. The molecule has 1 aromatic heterocycles. The predicted molar refractivity (Wildman–Crippen MR) is 161 cm³/mol. The van der Waals surface area contributed by atoms with Crippen molar-refractivity contribution in [2.45, 2.75) is 17.9 Å². The molecule has 0 spiro atoms. The maximum atomic E-state index is 13.3. The van der Waals surface area contributed by atoms with E-state index in [1.165, 1.54) is 8.30 Å². The van der Waals surface area contributed by atoms with Crippen LogP contribution in [-0.4, -0.2) is 96.8 Å². The molecule has 9 nitrogen and oxygen atoms in total. The fourth-order valence-electron chi connectivity index (χ4n) is 5.18. The van der Waals surface area contributed by atoms with Crippen LogP contribution in [-0.2, 0) is 26.1 Å². The number of anilines is 1. The van der Waals surface area contributed by atoms with E-state index in [1.807, 2.05) is 37.4 Å². The second-order valence-corrected chi connectivity index (χ2v) is 14.1. The molecular weight excluding hydrogens is 672 g/mol. The van der Waals surface area contributed by atoms with Crippen LogP contribution in [0.5, 0.6) is 11.5 Å². The summed E-state index contributed by atoms with van der Waals surface area (Å²) in [5, 5.41) is 12.1. The average Bonchev–Trinajstić information content (AvgIpc) is 3.51. The summed E-state index contributed by atoms with van der Waals surface area (Å²) in [4.78, 5) is 16.7. The molecule has 3 heterocycles. The van der Waals surface area contributed by atoms with Gasteiger partial charge < -0.3 is 0 Å². The van der Waals surface area contributed by atoms with Gasteiger partial charge in [0.05, 0.1) is 0 Å². The number of aliphatic hydroxyl groups excluding tert-OH is 1. The molecule has 1 fully saturated rings. The van der Waals surface area contributed by atoms with Crippen LogP contribution >= 0.6 is 11.8 Å². The van der Waals surface area contributed by atoms with Crippen LogP contribution in [0.4, 0.5) is 5.69 Å². The molecule has 0 bridgehead atoms. The minimum absolute atomic E-state index is 0.0152. The van der Waals surface area contributed by atoms with E-state index in [1.54, 1.807) is 11.8 Å². The fourth-order valence-corrected chi connectivity index (χ4v) is 9.56. The van der Waals surface area contributed by atoms with Gasteiger partial charge in [-0.25, -0.2) is 0 Å². The topological polar surface area (TPSA) is 90.6 Å². The first-order chi connectivity index (χ1) is 20.5. The summed E-state index contributed by atoms with van der Waals surface area (Å²) < 4.78 is 33.2. The number of aromatic nitrogens is 1. The van der Waals surface area contributed by atoms with Crippen molar-refractivity contribution in [1.82, 2.24) is 0 Å². The summed E-state index contributed by atoms with van der Waals surface area (Å²) in [7, 11) is 2.00. The zero-order valence-corrected chi connectivity index (χ0v) is 26.9. The van der Waals surface area contributed by atoms with E-state index < -0.39 is 32.5 Å². The third-order valence-corrected chi connectivity index (χ3v) is 11.9. The number of hydrogen-bond acceptors (Lipinski definition) is 9. The first-order valence-electron chi connectivity index (χ1n) is 14.2. The Morgan fingerprint density at radius 3 is 2.31 bits per heavy atom. The number of nitrogens with zero attached hydrogens (tertiary/aromatic N) is 2. The number of aryl methyl sites for hydroxylation is 1. The van der Waals surface area contributed by atoms with Crippen molar-refractivity contribution in [2.75, 3.05) is 64.3 Å². The van der Waals surface area contributed by atoms with Gasteiger partial charge in [0.25, 0.3) is 0 Å².